The van der Waals surface area contributed by atoms with E-state index in [0.717, 1.165) is 16.8 Å². The largest absolute Gasteiger partial charge is 0.477 e. The van der Waals surface area contributed by atoms with Crippen molar-refractivity contribution in [1.29, 1.82) is 0 Å². The van der Waals surface area contributed by atoms with Gasteiger partial charge in [-0.2, -0.15) is 5.10 Å². The summed E-state index contributed by atoms with van der Waals surface area (Å²) in [5.74, 6) is 0.226. The van der Waals surface area contributed by atoms with Crippen LogP contribution in [0, 0.1) is 17.0 Å². The fourth-order valence-corrected chi connectivity index (χ4v) is 3.30. The second kappa shape index (κ2) is 8.20. The first kappa shape index (κ1) is 19.4. The maximum Gasteiger partial charge on any atom is 0.310 e. The summed E-state index contributed by atoms with van der Waals surface area (Å²) in [5, 5.41) is 17.0. The Balaban J connectivity index is 1.56. The average Bonchev–Trinajstić information content (AvgIpc) is 3.42. The molecule has 0 N–H and O–H groups in total. The molecule has 0 saturated heterocycles. The number of nitrogens with zero attached hydrogens (tertiary/aromatic N) is 3. The molecule has 1 atom stereocenters. The number of hydrogen-bond acceptors (Lipinski definition) is 6. The van der Waals surface area contributed by atoms with E-state index < -0.39 is 16.9 Å². The summed E-state index contributed by atoms with van der Waals surface area (Å²) >= 11 is 0. The SMILES string of the molecule is Cc1ccc(C2=NN(C(=O)COc3ccccc3[N+](=O)[O-])C(c3ccco3)C2)cc1. The fourth-order valence-electron chi connectivity index (χ4n) is 3.30. The van der Waals surface area contributed by atoms with Crippen LogP contribution in [0.3, 0.4) is 0 Å². The molecule has 30 heavy (non-hydrogen) atoms. The van der Waals surface area contributed by atoms with Crippen molar-refractivity contribution in [3.63, 3.8) is 0 Å². The minimum Gasteiger partial charge on any atom is -0.477 e. The summed E-state index contributed by atoms with van der Waals surface area (Å²) in [7, 11) is 0. The number of aryl methyl sites for hydroxylation is 1. The van der Waals surface area contributed by atoms with E-state index in [1.165, 1.54) is 17.1 Å². The Bertz CT molecular complexity index is 1090. The maximum atomic E-state index is 12.9. The van der Waals surface area contributed by atoms with Gasteiger partial charge in [-0.25, -0.2) is 5.01 Å². The molecule has 2 heterocycles. The van der Waals surface area contributed by atoms with Gasteiger partial charge in [0.25, 0.3) is 5.91 Å². The van der Waals surface area contributed by atoms with Gasteiger partial charge in [0.1, 0.15) is 11.8 Å². The summed E-state index contributed by atoms with van der Waals surface area (Å²) in [6.45, 7) is 1.62. The van der Waals surface area contributed by atoms with Gasteiger partial charge in [-0.3, -0.25) is 14.9 Å². The van der Waals surface area contributed by atoms with Crippen LogP contribution in [0.5, 0.6) is 5.75 Å². The van der Waals surface area contributed by atoms with E-state index in [9.17, 15) is 14.9 Å². The lowest BCUT2D eigenvalue weighted by molar-refractivity contribution is -0.385. The van der Waals surface area contributed by atoms with E-state index in [1.54, 1.807) is 30.5 Å². The third kappa shape index (κ3) is 3.93. The number of para-hydroxylation sites is 2. The van der Waals surface area contributed by atoms with Gasteiger partial charge in [0, 0.05) is 12.5 Å². The van der Waals surface area contributed by atoms with Crippen LogP contribution < -0.4 is 4.74 Å². The number of hydrazone groups is 1. The zero-order valence-electron chi connectivity index (χ0n) is 16.2. The number of rotatable bonds is 6. The number of hydrogen-bond donors (Lipinski definition) is 0. The first-order valence-corrected chi connectivity index (χ1v) is 9.39. The molecule has 1 aliphatic heterocycles. The summed E-state index contributed by atoms with van der Waals surface area (Å²) < 4.78 is 11.0. The Kier molecular flexibility index (Phi) is 5.30. The zero-order valence-corrected chi connectivity index (χ0v) is 16.2. The molecule has 0 aliphatic carbocycles. The standard InChI is InChI=1S/C22H19N3O5/c1-15-8-10-16(11-9-15)17-13-19(21-7-4-12-29-21)24(23-17)22(26)14-30-20-6-3-2-5-18(20)25(27)28/h2-12,19H,13-14H2,1H3. The van der Waals surface area contributed by atoms with Crippen molar-refractivity contribution in [2.75, 3.05) is 6.61 Å². The lowest BCUT2D eigenvalue weighted by Crippen LogP contribution is -2.31. The number of benzene rings is 2. The highest BCUT2D eigenvalue weighted by molar-refractivity contribution is 6.03. The quantitative estimate of drug-likeness (QED) is 0.451. The molecule has 0 spiro atoms. The first-order valence-electron chi connectivity index (χ1n) is 9.39. The van der Waals surface area contributed by atoms with Crippen molar-refractivity contribution >= 4 is 17.3 Å². The van der Waals surface area contributed by atoms with E-state index in [0.29, 0.717) is 12.2 Å². The van der Waals surface area contributed by atoms with Gasteiger partial charge in [0.05, 0.1) is 16.9 Å². The van der Waals surface area contributed by atoms with Crippen molar-refractivity contribution in [3.05, 3.63) is 93.9 Å². The second-order valence-corrected chi connectivity index (χ2v) is 6.90. The molecule has 0 fully saturated rings. The van der Waals surface area contributed by atoms with Crippen LogP contribution in [0.4, 0.5) is 5.69 Å². The highest BCUT2D eigenvalue weighted by Gasteiger charge is 2.35. The molecular formula is C22H19N3O5. The van der Waals surface area contributed by atoms with Crippen molar-refractivity contribution < 1.29 is 18.9 Å². The first-order chi connectivity index (χ1) is 14.5. The van der Waals surface area contributed by atoms with Gasteiger partial charge in [0.2, 0.25) is 0 Å². The molecule has 0 saturated carbocycles. The molecule has 1 aliphatic rings. The van der Waals surface area contributed by atoms with Crippen LogP contribution in [-0.2, 0) is 4.79 Å². The number of ether oxygens (including phenoxy) is 1. The highest BCUT2D eigenvalue weighted by atomic mass is 16.6. The van der Waals surface area contributed by atoms with Gasteiger partial charge < -0.3 is 9.15 Å². The summed E-state index contributed by atoms with van der Waals surface area (Å²) in [6.07, 6.45) is 2.04. The Hall–Kier alpha value is -3.94. The van der Waals surface area contributed by atoms with E-state index in [1.807, 2.05) is 31.2 Å². The van der Waals surface area contributed by atoms with E-state index in [-0.39, 0.29) is 18.0 Å². The lowest BCUT2D eigenvalue weighted by Gasteiger charge is -2.19. The molecule has 4 rings (SSSR count). The molecule has 1 amide bonds. The van der Waals surface area contributed by atoms with Gasteiger partial charge in [0.15, 0.2) is 12.4 Å². The Labute approximate surface area is 172 Å². The van der Waals surface area contributed by atoms with Crippen LogP contribution >= 0.6 is 0 Å². The molecule has 152 valence electrons. The number of furan rings is 1. The van der Waals surface area contributed by atoms with Crippen molar-refractivity contribution in [2.24, 2.45) is 5.10 Å². The topological polar surface area (TPSA) is 98.2 Å². The molecule has 3 aromatic rings. The normalized spacial score (nSPS) is 15.7. The molecule has 1 unspecified atom stereocenters. The summed E-state index contributed by atoms with van der Waals surface area (Å²) in [6, 6.07) is 17.0. The fraction of sp³-hybridized carbons (Fsp3) is 0.182. The number of nitro groups is 1. The Morgan fingerprint density at radius 2 is 1.97 bits per heavy atom. The van der Waals surface area contributed by atoms with E-state index in [4.69, 9.17) is 9.15 Å². The summed E-state index contributed by atoms with van der Waals surface area (Å²) in [5.41, 5.74) is 2.62. The molecule has 0 bridgehead atoms. The lowest BCUT2D eigenvalue weighted by atomic mass is 10.0. The van der Waals surface area contributed by atoms with Crippen LogP contribution in [0.1, 0.15) is 29.3 Å². The van der Waals surface area contributed by atoms with E-state index in [2.05, 4.69) is 5.10 Å². The van der Waals surface area contributed by atoms with E-state index >= 15 is 0 Å². The van der Waals surface area contributed by atoms with Gasteiger partial charge >= 0.3 is 5.69 Å². The Morgan fingerprint density at radius 3 is 2.67 bits per heavy atom. The van der Waals surface area contributed by atoms with Gasteiger partial charge in [-0.1, -0.05) is 42.0 Å². The van der Waals surface area contributed by atoms with Crippen molar-refractivity contribution in [1.82, 2.24) is 5.01 Å². The third-order valence-corrected chi connectivity index (χ3v) is 4.84. The average molecular weight is 405 g/mol. The molecule has 8 nitrogen and oxygen atoms in total. The predicted molar refractivity (Wildman–Crippen MR) is 109 cm³/mol. The molecule has 2 aromatic carbocycles. The summed E-state index contributed by atoms with van der Waals surface area (Å²) in [4.78, 5) is 23.5. The third-order valence-electron chi connectivity index (χ3n) is 4.84. The highest BCUT2D eigenvalue weighted by Crippen LogP contribution is 2.33. The molecule has 1 aromatic heterocycles. The van der Waals surface area contributed by atoms with Gasteiger partial charge in [-0.05, 0) is 30.7 Å². The smallest absolute Gasteiger partial charge is 0.310 e. The molecule has 0 radical (unpaired) electrons. The Morgan fingerprint density at radius 1 is 1.20 bits per heavy atom. The molecular weight excluding hydrogens is 386 g/mol. The minimum absolute atomic E-state index is 0.0346. The van der Waals surface area contributed by atoms with Crippen LogP contribution in [0.15, 0.2) is 76.4 Å². The monoisotopic (exact) mass is 405 g/mol. The minimum atomic E-state index is -0.547. The number of nitro benzene ring substituents is 1. The van der Waals surface area contributed by atoms with Gasteiger partial charge in [-0.15, -0.1) is 0 Å². The van der Waals surface area contributed by atoms with Crippen LogP contribution in [-0.4, -0.2) is 28.2 Å². The number of amides is 1. The number of carbonyl (C=O) groups is 1. The predicted octanol–water partition coefficient (Wildman–Crippen LogP) is 4.25. The zero-order chi connectivity index (χ0) is 21.1. The molecule has 8 heteroatoms. The second-order valence-electron chi connectivity index (χ2n) is 6.90. The number of carbonyl (C=O) groups excluding carboxylic acids is 1. The van der Waals surface area contributed by atoms with Crippen LogP contribution in [0.25, 0.3) is 0 Å². The van der Waals surface area contributed by atoms with Crippen molar-refractivity contribution in [3.8, 4) is 5.75 Å². The maximum absolute atomic E-state index is 12.9. The van der Waals surface area contributed by atoms with Crippen LogP contribution in [0.2, 0.25) is 0 Å². The van der Waals surface area contributed by atoms with Crippen molar-refractivity contribution in [2.45, 2.75) is 19.4 Å².